The van der Waals surface area contributed by atoms with Gasteiger partial charge >= 0.3 is 0 Å². The van der Waals surface area contributed by atoms with E-state index in [1.807, 2.05) is 34.1 Å². The van der Waals surface area contributed by atoms with E-state index in [9.17, 15) is 14.4 Å². The Morgan fingerprint density at radius 3 is 2.41 bits per heavy atom. The zero-order valence-electron chi connectivity index (χ0n) is 39.6. The van der Waals surface area contributed by atoms with Crippen molar-refractivity contribution in [3.05, 3.63) is 108 Å². The average molecular weight is 935 g/mol. The standard InChI is InChI=1S/C54H63FN10O4/c1-60-43(32-45-44(15-20-56-52(45)60)40-9-12-48-41(30-40)33-57-65(48)51-4-2-3-29-69-51)35-61-21-18-38(19-22-61)37-5-7-39(8-6-37)54(68)64-23-16-36(17-24-64)34-62-25-27-63(28-26-62)49-13-10-42(31-46(49)55)58-47-11-14-50(66)59-53(47)67/h5-10,12-13,15,20,30-33,36,38,47,51,58H,2-4,11,14,16-19,21-29,34-35H2,1H3,(H,59,66,67). The summed E-state index contributed by atoms with van der Waals surface area (Å²) in [5.41, 5.74) is 8.90. The lowest BCUT2D eigenvalue weighted by molar-refractivity contribution is -0.133. The van der Waals surface area contributed by atoms with Gasteiger partial charge in [0.15, 0.2) is 6.23 Å². The number of fused-ring (bicyclic) bond motifs is 2. The minimum Gasteiger partial charge on any atom is -0.374 e. The Morgan fingerprint density at radius 2 is 1.65 bits per heavy atom. The fourth-order valence-electron chi connectivity index (χ4n) is 11.5. The lowest BCUT2D eigenvalue weighted by Gasteiger charge is -2.39. The molecule has 5 fully saturated rings. The highest BCUT2D eigenvalue weighted by atomic mass is 19.1. The largest absolute Gasteiger partial charge is 0.374 e. The minimum absolute atomic E-state index is 0.0116. The molecule has 0 aliphatic carbocycles. The number of hydrogen-bond acceptors (Lipinski definition) is 10. The van der Waals surface area contributed by atoms with Crippen molar-refractivity contribution in [2.24, 2.45) is 13.0 Å². The molecule has 3 amide bonds. The van der Waals surface area contributed by atoms with Gasteiger partial charge in [0.05, 0.1) is 17.4 Å². The van der Waals surface area contributed by atoms with Crippen LogP contribution >= 0.6 is 0 Å². The van der Waals surface area contributed by atoms with E-state index in [1.54, 1.807) is 12.1 Å². The van der Waals surface area contributed by atoms with Crippen molar-refractivity contribution in [3.63, 3.8) is 0 Å². The molecule has 2 unspecified atom stereocenters. The van der Waals surface area contributed by atoms with Crippen LogP contribution in [0.3, 0.4) is 0 Å². The number of carbonyl (C=O) groups excluding carboxylic acids is 3. The van der Waals surface area contributed by atoms with Gasteiger partial charge in [-0.1, -0.05) is 18.2 Å². The third kappa shape index (κ3) is 9.60. The molecule has 0 radical (unpaired) electrons. The molecule has 8 heterocycles. The number of rotatable bonds is 11. The number of imide groups is 1. The maximum atomic E-state index is 15.3. The molecule has 0 spiro atoms. The first kappa shape index (κ1) is 45.3. The lowest BCUT2D eigenvalue weighted by Crippen LogP contribution is -2.49. The highest BCUT2D eigenvalue weighted by Crippen LogP contribution is 2.35. The van der Waals surface area contributed by atoms with Gasteiger partial charge < -0.3 is 24.4 Å². The first-order valence-electron chi connectivity index (χ1n) is 25.2. The van der Waals surface area contributed by atoms with Gasteiger partial charge in [0.1, 0.15) is 17.5 Å². The van der Waals surface area contributed by atoms with Gasteiger partial charge in [0.25, 0.3) is 5.91 Å². The van der Waals surface area contributed by atoms with Crippen LogP contribution in [0.4, 0.5) is 15.8 Å². The van der Waals surface area contributed by atoms with Gasteiger partial charge in [-0.15, -0.1) is 0 Å². The second kappa shape index (κ2) is 19.7. The topological polar surface area (TPSA) is 133 Å². The van der Waals surface area contributed by atoms with Crippen LogP contribution in [-0.2, 0) is 27.9 Å². The fraction of sp³-hybridized carbons (Fsp3) is 0.463. The number of pyridine rings is 1. The number of carbonyl (C=O) groups is 3. The van der Waals surface area contributed by atoms with Crippen molar-refractivity contribution < 1.29 is 23.5 Å². The quantitative estimate of drug-likeness (QED) is 0.125. The molecule has 3 aromatic heterocycles. The fourth-order valence-corrected chi connectivity index (χ4v) is 11.5. The van der Waals surface area contributed by atoms with E-state index in [4.69, 9.17) is 14.8 Å². The van der Waals surface area contributed by atoms with Crippen LogP contribution in [0.15, 0.2) is 85.2 Å². The Kier molecular flexibility index (Phi) is 12.9. The lowest BCUT2D eigenvalue weighted by atomic mass is 9.88. The molecule has 2 N–H and O–H groups in total. The summed E-state index contributed by atoms with van der Waals surface area (Å²) < 4.78 is 25.6. The normalized spacial score (nSPS) is 21.6. The van der Waals surface area contributed by atoms with Crippen molar-refractivity contribution in [1.29, 1.82) is 0 Å². The van der Waals surface area contributed by atoms with Crippen LogP contribution in [0.25, 0.3) is 33.1 Å². The number of likely N-dealkylation sites (tertiary alicyclic amines) is 2. The number of hydrogen-bond donors (Lipinski definition) is 2. The zero-order valence-corrected chi connectivity index (χ0v) is 39.6. The minimum atomic E-state index is -0.550. The molecule has 11 rings (SSSR count). The molecule has 3 aromatic carbocycles. The SMILES string of the molecule is Cn1c(CN2CCC(c3ccc(C(=O)N4CCC(CN5CCN(c6ccc(NC7CCC(=O)NC7=O)cc6F)CC5)CC4)cc3)CC2)cc2c(-c3ccc4c(cnn4C4CCCCO4)c3)ccnc21. The first-order chi connectivity index (χ1) is 33.7. The van der Waals surface area contributed by atoms with Crippen LogP contribution < -0.4 is 15.5 Å². The summed E-state index contributed by atoms with van der Waals surface area (Å²) >= 11 is 0. The van der Waals surface area contributed by atoms with E-state index in [0.29, 0.717) is 29.6 Å². The smallest absolute Gasteiger partial charge is 0.253 e. The van der Waals surface area contributed by atoms with E-state index in [0.717, 1.165) is 133 Å². The second-order valence-corrected chi connectivity index (χ2v) is 20.0. The third-order valence-electron chi connectivity index (χ3n) is 15.6. The zero-order chi connectivity index (χ0) is 47.0. The van der Waals surface area contributed by atoms with Crippen LogP contribution in [0.1, 0.15) is 91.5 Å². The molecule has 0 bridgehead atoms. The molecule has 14 nitrogen and oxygen atoms in total. The summed E-state index contributed by atoms with van der Waals surface area (Å²) in [5, 5.41) is 12.4. The van der Waals surface area contributed by atoms with Crippen molar-refractivity contribution in [3.8, 4) is 11.1 Å². The second-order valence-electron chi connectivity index (χ2n) is 20.0. The average Bonchev–Trinajstić information content (AvgIpc) is 3.95. The number of aryl methyl sites for hydroxylation is 1. The van der Waals surface area contributed by atoms with E-state index >= 15 is 4.39 Å². The maximum Gasteiger partial charge on any atom is 0.253 e. The molecule has 360 valence electrons. The Balaban J connectivity index is 0.628. The Hall–Kier alpha value is -6.16. The van der Waals surface area contributed by atoms with Crippen molar-refractivity contribution >= 4 is 51.0 Å². The summed E-state index contributed by atoms with van der Waals surface area (Å²) in [5.74, 6) is 0.149. The molecule has 6 aromatic rings. The molecular weight excluding hydrogens is 872 g/mol. The number of ether oxygens (including phenoxy) is 1. The summed E-state index contributed by atoms with van der Waals surface area (Å²) in [6.45, 7) is 9.40. The molecule has 5 aliphatic heterocycles. The number of aromatic nitrogens is 4. The highest BCUT2D eigenvalue weighted by molar-refractivity contribution is 6.01. The molecular formula is C54H63FN10O4. The molecule has 15 heteroatoms. The van der Waals surface area contributed by atoms with E-state index in [1.165, 1.54) is 40.3 Å². The first-order valence-corrected chi connectivity index (χ1v) is 25.2. The number of anilines is 2. The summed E-state index contributed by atoms with van der Waals surface area (Å²) in [4.78, 5) is 51.3. The Bertz CT molecular complexity index is 2830. The van der Waals surface area contributed by atoms with Crippen LogP contribution in [0.2, 0.25) is 0 Å². The third-order valence-corrected chi connectivity index (χ3v) is 15.6. The van der Waals surface area contributed by atoms with E-state index in [2.05, 4.69) is 79.4 Å². The highest BCUT2D eigenvalue weighted by Gasteiger charge is 2.30. The van der Waals surface area contributed by atoms with E-state index < -0.39 is 6.04 Å². The monoisotopic (exact) mass is 935 g/mol. The van der Waals surface area contributed by atoms with Gasteiger partial charge in [0.2, 0.25) is 11.8 Å². The predicted octanol–water partition coefficient (Wildman–Crippen LogP) is 7.70. The van der Waals surface area contributed by atoms with E-state index in [-0.39, 0.29) is 36.2 Å². The van der Waals surface area contributed by atoms with Gasteiger partial charge in [0, 0.05) is 106 Å². The number of nitrogens with zero attached hydrogens (tertiary/aromatic N) is 8. The molecule has 2 atom stereocenters. The predicted molar refractivity (Wildman–Crippen MR) is 265 cm³/mol. The number of nitrogens with one attached hydrogen (secondary N) is 2. The number of amides is 3. The number of piperazine rings is 1. The maximum absolute atomic E-state index is 15.3. The van der Waals surface area contributed by atoms with Crippen molar-refractivity contribution in [2.75, 3.05) is 75.7 Å². The van der Waals surface area contributed by atoms with Gasteiger partial charge in [-0.2, -0.15) is 5.10 Å². The Morgan fingerprint density at radius 1 is 0.841 bits per heavy atom. The van der Waals surface area contributed by atoms with Crippen LogP contribution in [-0.4, -0.2) is 123 Å². The van der Waals surface area contributed by atoms with Crippen LogP contribution in [0.5, 0.6) is 0 Å². The summed E-state index contributed by atoms with van der Waals surface area (Å²) in [6, 6.07) is 24.0. The summed E-state index contributed by atoms with van der Waals surface area (Å²) in [6.07, 6.45) is 12.0. The molecule has 69 heavy (non-hydrogen) atoms. The van der Waals surface area contributed by atoms with Gasteiger partial charge in [-0.25, -0.2) is 14.1 Å². The van der Waals surface area contributed by atoms with Gasteiger partial charge in [-0.05, 0) is 148 Å². The molecule has 5 aliphatic rings. The number of benzene rings is 3. The Labute approximate surface area is 402 Å². The summed E-state index contributed by atoms with van der Waals surface area (Å²) in [7, 11) is 2.13. The number of piperidine rings is 3. The van der Waals surface area contributed by atoms with Crippen LogP contribution in [0, 0.1) is 11.7 Å². The number of halogens is 1. The van der Waals surface area contributed by atoms with Gasteiger partial charge in [-0.3, -0.25) is 29.5 Å². The molecule has 5 saturated heterocycles. The van der Waals surface area contributed by atoms with Crippen molar-refractivity contribution in [1.82, 2.24) is 39.3 Å². The van der Waals surface area contributed by atoms with Crippen molar-refractivity contribution in [2.45, 2.75) is 82.5 Å². The molecule has 0 saturated carbocycles.